The first-order valence-corrected chi connectivity index (χ1v) is 6.71. The highest BCUT2D eigenvalue weighted by Gasteiger charge is 2.25. The number of rotatable bonds is 1. The third-order valence-corrected chi connectivity index (χ3v) is 3.87. The van der Waals surface area contributed by atoms with Crippen LogP contribution in [0.25, 0.3) is 0 Å². The molecule has 1 aliphatic heterocycles. The van der Waals surface area contributed by atoms with Gasteiger partial charge in [0.25, 0.3) is 0 Å². The first kappa shape index (κ1) is 12.8. The standard InChI is InChI=1S/C16H17NO3/c18-14-8-12-11(15(19)16(14)20)6-7-17-9-13(12)10-4-2-1-3-5-10/h1-5,8,13,17-20H,6-7,9H2. The fourth-order valence-corrected chi connectivity index (χ4v) is 2.83. The zero-order valence-electron chi connectivity index (χ0n) is 11.0. The van der Waals surface area contributed by atoms with Gasteiger partial charge in [-0.2, -0.15) is 0 Å². The molecule has 0 saturated carbocycles. The van der Waals surface area contributed by atoms with E-state index in [0.29, 0.717) is 12.0 Å². The van der Waals surface area contributed by atoms with E-state index in [4.69, 9.17) is 0 Å². The van der Waals surface area contributed by atoms with E-state index in [2.05, 4.69) is 5.32 Å². The summed E-state index contributed by atoms with van der Waals surface area (Å²) in [6.07, 6.45) is 0.623. The number of aromatic hydroxyl groups is 3. The van der Waals surface area contributed by atoms with Gasteiger partial charge < -0.3 is 20.6 Å². The van der Waals surface area contributed by atoms with Gasteiger partial charge in [-0.1, -0.05) is 30.3 Å². The number of phenols is 3. The summed E-state index contributed by atoms with van der Waals surface area (Å²) in [5, 5.41) is 32.9. The highest BCUT2D eigenvalue weighted by molar-refractivity contribution is 5.59. The third-order valence-electron chi connectivity index (χ3n) is 3.87. The molecule has 0 bridgehead atoms. The molecule has 0 saturated heterocycles. The quantitative estimate of drug-likeness (QED) is 0.599. The Kier molecular flexibility index (Phi) is 3.24. The summed E-state index contributed by atoms with van der Waals surface area (Å²) in [5.74, 6) is -0.864. The van der Waals surface area contributed by atoms with Crippen molar-refractivity contribution >= 4 is 0 Å². The van der Waals surface area contributed by atoms with Crippen LogP contribution in [0.4, 0.5) is 0 Å². The average Bonchev–Trinajstić information content (AvgIpc) is 2.68. The van der Waals surface area contributed by atoms with Crippen LogP contribution in [0.2, 0.25) is 0 Å². The molecule has 0 radical (unpaired) electrons. The molecule has 3 rings (SSSR count). The van der Waals surface area contributed by atoms with E-state index >= 15 is 0 Å². The van der Waals surface area contributed by atoms with Gasteiger partial charge in [-0.3, -0.25) is 0 Å². The molecule has 1 heterocycles. The van der Waals surface area contributed by atoms with Crippen molar-refractivity contribution in [3.63, 3.8) is 0 Å². The molecule has 104 valence electrons. The maximum absolute atomic E-state index is 10.1. The molecule has 2 aromatic carbocycles. The lowest BCUT2D eigenvalue weighted by molar-refractivity contribution is 0.364. The van der Waals surface area contributed by atoms with Crippen molar-refractivity contribution in [1.29, 1.82) is 0 Å². The van der Waals surface area contributed by atoms with Gasteiger partial charge in [0.2, 0.25) is 5.75 Å². The number of hydrogen-bond donors (Lipinski definition) is 4. The lowest BCUT2D eigenvalue weighted by Crippen LogP contribution is -2.20. The van der Waals surface area contributed by atoms with Crippen LogP contribution in [-0.4, -0.2) is 28.4 Å². The molecule has 1 unspecified atom stereocenters. The Bertz CT molecular complexity index is 625. The van der Waals surface area contributed by atoms with Crippen molar-refractivity contribution in [1.82, 2.24) is 5.32 Å². The lowest BCUT2D eigenvalue weighted by atomic mass is 9.87. The number of hydrogen-bond acceptors (Lipinski definition) is 4. The Morgan fingerprint density at radius 2 is 1.75 bits per heavy atom. The molecule has 2 aromatic rings. The second kappa shape index (κ2) is 5.06. The second-order valence-electron chi connectivity index (χ2n) is 5.08. The van der Waals surface area contributed by atoms with E-state index in [1.807, 2.05) is 30.3 Å². The molecule has 0 aromatic heterocycles. The zero-order chi connectivity index (χ0) is 14.1. The maximum Gasteiger partial charge on any atom is 0.200 e. The normalized spacial score (nSPS) is 18.3. The molecule has 4 heteroatoms. The third kappa shape index (κ3) is 2.08. The fourth-order valence-electron chi connectivity index (χ4n) is 2.83. The molecule has 1 atom stereocenters. The van der Waals surface area contributed by atoms with E-state index in [1.54, 1.807) is 6.07 Å². The maximum atomic E-state index is 10.1. The highest BCUT2D eigenvalue weighted by Crippen LogP contribution is 2.43. The van der Waals surface area contributed by atoms with Crippen LogP contribution in [0.15, 0.2) is 36.4 Å². The van der Waals surface area contributed by atoms with E-state index < -0.39 is 5.75 Å². The predicted molar refractivity (Wildman–Crippen MR) is 76.3 cm³/mol. The molecule has 0 spiro atoms. The summed E-state index contributed by atoms with van der Waals surface area (Å²) in [5.41, 5.74) is 2.70. The summed E-state index contributed by atoms with van der Waals surface area (Å²) < 4.78 is 0. The molecule has 4 N–H and O–H groups in total. The molecule has 0 aliphatic carbocycles. The second-order valence-corrected chi connectivity index (χ2v) is 5.08. The Morgan fingerprint density at radius 1 is 1.00 bits per heavy atom. The van der Waals surface area contributed by atoms with E-state index in [-0.39, 0.29) is 17.4 Å². The van der Waals surface area contributed by atoms with E-state index in [9.17, 15) is 15.3 Å². The molecule has 4 nitrogen and oxygen atoms in total. The average molecular weight is 271 g/mol. The number of benzene rings is 2. The van der Waals surface area contributed by atoms with Gasteiger partial charge in [0.1, 0.15) is 0 Å². The first-order valence-electron chi connectivity index (χ1n) is 6.71. The summed E-state index contributed by atoms with van der Waals surface area (Å²) in [6.45, 7) is 1.47. The Balaban J connectivity index is 2.17. The minimum absolute atomic E-state index is 0.0473. The molecule has 0 amide bonds. The smallest absolute Gasteiger partial charge is 0.200 e. The highest BCUT2D eigenvalue weighted by atomic mass is 16.3. The molecular weight excluding hydrogens is 254 g/mol. The lowest BCUT2D eigenvalue weighted by Gasteiger charge is -2.19. The van der Waals surface area contributed by atoms with Crippen molar-refractivity contribution in [2.75, 3.05) is 13.1 Å². The van der Waals surface area contributed by atoms with Crippen molar-refractivity contribution in [2.45, 2.75) is 12.3 Å². The molecule has 0 fully saturated rings. The van der Waals surface area contributed by atoms with Crippen LogP contribution in [-0.2, 0) is 6.42 Å². The SMILES string of the molecule is Oc1cc2c(c(O)c1O)CCNCC2c1ccccc1. The van der Waals surface area contributed by atoms with Crippen LogP contribution >= 0.6 is 0 Å². The number of fused-ring (bicyclic) bond motifs is 1. The number of phenolic OH excluding ortho intramolecular Hbond substituents is 3. The van der Waals surface area contributed by atoms with Crippen molar-refractivity contribution in [3.05, 3.63) is 53.1 Å². The predicted octanol–water partition coefficient (Wildman–Crippen LogP) is 2.08. The van der Waals surface area contributed by atoms with Crippen LogP contribution in [0.3, 0.4) is 0 Å². The molecular formula is C16H17NO3. The minimum Gasteiger partial charge on any atom is -0.504 e. The van der Waals surface area contributed by atoms with Crippen molar-refractivity contribution in [2.24, 2.45) is 0 Å². The van der Waals surface area contributed by atoms with Gasteiger partial charge in [0, 0.05) is 18.0 Å². The van der Waals surface area contributed by atoms with Gasteiger partial charge in [0.05, 0.1) is 0 Å². The van der Waals surface area contributed by atoms with E-state index in [0.717, 1.165) is 24.2 Å². The Hall–Kier alpha value is -2.20. The van der Waals surface area contributed by atoms with Gasteiger partial charge in [-0.25, -0.2) is 0 Å². The van der Waals surface area contributed by atoms with Crippen LogP contribution < -0.4 is 5.32 Å². The zero-order valence-corrected chi connectivity index (χ0v) is 11.0. The van der Waals surface area contributed by atoms with Crippen molar-refractivity contribution in [3.8, 4) is 17.2 Å². The van der Waals surface area contributed by atoms with Gasteiger partial charge in [0.15, 0.2) is 11.5 Å². The fraction of sp³-hybridized carbons (Fsp3) is 0.250. The Morgan fingerprint density at radius 3 is 2.50 bits per heavy atom. The summed E-state index contributed by atoms with van der Waals surface area (Å²) >= 11 is 0. The summed E-state index contributed by atoms with van der Waals surface area (Å²) in [6, 6.07) is 11.5. The Labute approximate surface area is 117 Å². The minimum atomic E-state index is -0.433. The van der Waals surface area contributed by atoms with Crippen LogP contribution in [0.5, 0.6) is 17.2 Å². The topological polar surface area (TPSA) is 72.7 Å². The summed E-state index contributed by atoms with van der Waals surface area (Å²) in [4.78, 5) is 0. The van der Waals surface area contributed by atoms with Crippen LogP contribution in [0, 0.1) is 0 Å². The van der Waals surface area contributed by atoms with Crippen molar-refractivity contribution < 1.29 is 15.3 Å². The van der Waals surface area contributed by atoms with E-state index in [1.165, 1.54) is 0 Å². The largest absolute Gasteiger partial charge is 0.504 e. The van der Waals surface area contributed by atoms with Crippen LogP contribution in [0.1, 0.15) is 22.6 Å². The molecule has 1 aliphatic rings. The first-order chi connectivity index (χ1) is 9.68. The molecule has 20 heavy (non-hydrogen) atoms. The van der Waals surface area contributed by atoms with Gasteiger partial charge in [-0.05, 0) is 30.2 Å². The monoisotopic (exact) mass is 271 g/mol. The van der Waals surface area contributed by atoms with Gasteiger partial charge >= 0.3 is 0 Å². The number of nitrogens with one attached hydrogen (secondary N) is 1. The van der Waals surface area contributed by atoms with Gasteiger partial charge in [-0.15, -0.1) is 0 Å². The summed E-state index contributed by atoms with van der Waals surface area (Å²) in [7, 11) is 0.